The zero-order chi connectivity index (χ0) is 14.6. The molecule has 0 aliphatic rings. The van der Waals surface area contributed by atoms with Gasteiger partial charge in [-0.1, -0.05) is 30.3 Å². The summed E-state index contributed by atoms with van der Waals surface area (Å²) in [5.41, 5.74) is 1.14. The van der Waals surface area contributed by atoms with Gasteiger partial charge in [-0.2, -0.15) is 0 Å². The summed E-state index contributed by atoms with van der Waals surface area (Å²) in [6.45, 7) is 2.87. The van der Waals surface area contributed by atoms with Crippen molar-refractivity contribution in [3.8, 4) is 0 Å². The van der Waals surface area contributed by atoms with Gasteiger partial charge < -0.3 is 14.8 Å². The van der Waals surface area contributed by atoms with Gasteiger partial charge in [0.15, 0.2) is 0 Å². The first-order chi connectivity index (χ1) is 9.72. The SMILES string of the molecule is CCOC(=O)NCCCC(=O)OCCc1ccccc1. The van der Waals surface area contributed by atoms with E-state index in [-0.39, 0.29) is 5.97 Å². The highest BCUT2D eigenvalue weighted by Gasteiger charge is 2.04. The summed E-state index contributed by atoms with van der Waals surface area (Å²) in [7, 11) is 0. The molecule has 0 radical (unpaired) electrons. The van der Waals surface area contributed by atoms with Crippen molar-refractivity contribution in [1.29, 1.82) is 0 Å². The molecule has 0 unspecified atom stereocenters. The third-order valence-electron chi connectivity index (χ3n) is 2.60. The monoisotopic (exact) mass is 279 g/mol. The maximum Gasteiger partial charge on any atom is 0.407 e. The smallest absolute Gasteiger partial charge is 0.407 e. The van der Waals surface area contributed by atoms with Crippen molar-refractivity contribution in [1.82, 2.24) is 5.32 Å². The van der Waals surface area contributed by atoms with E-state index in [0.29, 0.717) is 39.0 Å². The van der Waals surface area contributed by atoms with E-state index < -0.39 is 6.09 Å². The second-order valence-corrected chi connectivity index (χ2v) is 4.21. The van der Waals surface area contributed by atoms with Crippen LogP contribution in [0.2, 0.25) is 0 Å². The van der Waals surface area contributed by atoms with E-state index in [4.69, 9.17) is 9.47 Å². The zero-order valence-electron chi connectivity index (χ0n) is 11.8. The number of benzene rings is 1. The van der Waals surface area contributed by atoms with Gasteiger partial charge in [0, 0.05) is 19.4 Å². The third kappa shape index (κ3) is 7.41. The van der Waals surface area contributed by atoms with E-state index in [9.17, 15) is 9.59 Å². The van der Waals surface area contributed by atoms with Crippen LogP contribution in [0, 0.1) is 0 Å². The first-order valence-electron chi connectivity index (χ1n) is 6.82. The molecular weight excluding hydrogens is 258 g/mol. The Kier molecular flexibility index (Phi) is 7.87. The Morgan fingerprint density at radius 3 is 2.60 bits per heavy atom. The molecule has 0 saturated carbocycles. The Balaban J connectivity index is 2.02. The summed E-state index contributed by atoms with van der Waals surface area (Å²) < 4.78 is 9.81. The molecule has 0 spiro atoms. The average Bonchev–Trinajstić information content (AvgIpc) is 2.45. The molecule has 0 fully saturated rings. The van der Waals surface area contributed by atoms with Gasteiger partial charge in [0.1, 0.15) is 0 Å². The average molecular weight is 279 g/mol. The van der Waals surface area contributed by atoms with Crippen molar-refractivity contribution in [2.45, 2.75) is 26.2 Å². The molecule has 1 aromatic rings. The Hall–Kier alpha value is -2.04. The number of carbonyl (C=O) groups excluding carboxylic acids is 2. The minimum Gasteiger partial charge on any atom is -0.465 e. The number of esters is 1. The predicted octanol–water partition coefficient (Wildman–Crippen LogP) is 2.30. The van der Waals surface area contributed by atoms with Crippen LogP contribution in [0.4, 0.5) is 4.79 Å². The first-order valence-corrected chi connectivity index (χ1v) is 6.82. The first kappa shape index (κ1) is 16.0. The Morgan fingerprint density at radius 2 is 1.90 bits per heavy atom. The second-order valence-electron chi connectivity index (χ2n) is 4.21. The second kappa shape index (κ2) is 9.83. The summed E-state index contributed by atoms with van der Waals surface area (Å²) in [4.78, 5) is 22.4. The van der Waals surface area contributed by atoms with Crippen LogP contribution in [0.25, 0.3) is 0 Å². The number of nitrogens with one attached hydrogen (secondary N) is 1. The molecule has 1 rings (SSSR count). The fraction of sp³-hybridized carbons (Fsp3) is 0.467. The van der Waals surface area contributed by atoms with Crippen LogP contribution >= 0.6 is 0 Å². The van der Waals surface area contributed by atoms with Gasteiger partial charge in [-0.3, -0.25) is 4.79 Å². The number of rotatable bonds is 8. The number of hydrogen-bond donors (Lipinski definition) is 1. The molecule has 0 saturated heterocycles. The zero-order valence-corrected chi connectivity index (χ0v) is 11.8. The summed E-state index contributed by atoms with van der Waals surface area (Å²) in [5.74, 6) is -0.244. The van der Waals surface area contributed by atoms with E-state index in [1.165, 1.54) is 0 Å². The van der Waals surface area contributed by atoms with E-state index in [1.807, 2.05) is 30.3 Å². The quantitative estimate of drug-likeness (QED) is 0.586. The van der Waals surface area contributed by atoms with Crippen molar-refractivity contribution >= 4 is 12.1 Å². The molecule has 0 heterocycles. The van der Waals surface area contributed by atoms with Crippen LogP contribution in [0.15, 0.2) is 30.3 Å². The highest BCUT2D eigenvalue weighted by molar-refractivity contribution is 5.69. The van der Waals surface area contributed by atoms with E-state index in [2.05, 4.69) is 5.32 Å². The van der Waals surface area contributed by atoms with Gasteiger partial charge in [0.05, 0.1) is 13.2 Å². The maximum absolute atomic E-state index is 11.4. The highest BCUT2D eigenvalue weighted by atomic mass is 16.5. The lowest BCUT2D eigenvalue weighted by Gasteiger charge is -2.06. The van der Waals surface area contributed by atoms with Crippen LogP contribution < -0.4 is 5.32 Å². The van der Waals surface area contributed by atoms with Gasteiger partial charge in [0.2, 0.25) is 0 Å². The fourth-order valence-electron chi connectivity index (χ4n) is 1.60. The molecule has 0 aromatic heterocycles. The number of hydrogen-bond acceptors (Lipinski definition) is 4. The van der Waals surface area contributed by atoms with Gasteiger partial charge in [-0.25, -0.2) is 4.79 Å². The number of amides is 1. The molecule has 0 bridgehead atoms. The molecule has 0 aliphatic heterocycles. The Labute approximate surface area is 119 Å². The van der Waals surface area contributed by atoms with Crippen LogP contribution in [0.3, 0.4) is 0 Å². The van der Waals surface area contributed by atoms with Crippen LogP contribution in [0.5, 0.6) is 0 Å². The largest absolute Gasteiger partial charge is 0.465 e. The summed E-state index contributed by atoms with van der Waals surface area (Å²) in [6.07, 6.45) is 1.10. The van der Waals surface area contributed by atoms with Crippen molar-refractivity contribution in [2.24, 2.45) is 0 Å². The molecule has 5 heteroatoms. The standard InChI is InChI=1S/C15H21NO4/c1-2-19-15(18)16-11-6-9-14(17)20-12-10-13-7-4-3-5-8-13/h3-5,7-8H,2,6,9-12H2,1H3,(H,16,18). The lowest BCUT2D eigenvalue weighted by atomic mass is 10.2. The lowest BCUT2D eigenvalue weighted by Crippen LogP contribution is -2.25. The Bertz CT molecular complexity index is 406. The van der Waals surface area contributed by atoms with Crippen LogP contribution in [-0.4, -0.2) is 31.8 Å². The third-order valence-corrected chi connectivity index (χ3v) is 2.60. The minimum atomic E-state index is -0.454. The van der Waals surface area contributed by atoms with Crippen molar-refractivity contribution < 1.29 is 19.1 Å². The summed E-state index contributed by atoms with van der Waals surface area (Å²) in [5, 5.41) is 2.55. The molecule has 0 atom stereocenters. The van der Waals surface area contributed by atoms with E-state index in [1.54, 1.807) is 6.92 Å². The molecular formula is C15H21NO4. The van der Waals surface area contributed by atoms with E-state index >= 15 is 0 Å². The normalized spacial score (nSPS) is 9.85. The van der Waals surface area contributed by atoms with Gasteiger partial charge in [-0.15, -0.1) is 0 Å². The molecule has 20 heavy (non-hydrogen) atoms. The van der Waals surface area contributed by atoms with E-state index in [0.717, 1.165) is 5.56 Å². The number of ether oxygens (including phenoxy) is 2. The Morgan fingerprint density at radius 1 is 1.15 bits per heavy atom. The number of carbonyl (C=O) groups is 2. The summed E-state index contributed by atoms with van der Waals surface area (Å²) in [6, 6.07) is 9.86. The molecule has 0 aliphatic carbocycles. The highest BCUT2D eigenvalue weighted by Crippen LogP contribution is 2.00. The molecule has 5 nitrogen and oxygen atoms in total. The van der Waals surface area contributed by atoms with Crippen LogP contribution in [-0.2, 0) is 20.7 Å². The van der Waals surface area contributed by atoms with Crippen molar-refractivity contribution in [2.75, 3.05) is 19.8 Å². The minimum absolute atomic E-state index is 0.244. The maximum atomic E-state index is 11.4. The summed E-state index contributed by atoms with van der Waals surface area (Å²) >= 11 is 0. The molecule has 1 N–H and O–H groups in total. The lowest BCUT2D eigenvalue weighted by molar-refractivity contribution is -0.143. The van der Waals surface area contributed by atoms with Gasteiger partial charge in [-0.05, 0) is 18.9 Å². The van der Waals surface area contributed by atoms with Crippen molar-refractivity contribution in [3.05, 3.63) is 35.9 Å². The predicted molar refractivity (Wildman–Crippen MR) is 75.4 cm³/mol. The topological polar surface area (TPSA) is 64.6 Å². The number of alkyl carbamates (subject to hydrolysis) is 1. The molecule has 1 aromatic carbocycles. The van der Waals surface area contributed by atoms with Crippen molar-refractivity contribution in [3.63, 3.8) is 0 Å². The van der Waals surface area contributed by atoms with Gasteiger partial charge in [0.25, 0.3) is 0 Å². The fourth-order valence-corrected chi connectivity index (χ4v) is 1.60. The molecule has 1 amide bonds. The molecule has 110 valence electrons. The van der Waals surface area contributed by atoms with Gasteiger partial charge >= 0.3 is 12.1 Å². The van der Waals surface area contributed by atoms with Crippen LogP contribution in [0.1, 0.15) is 25.3 Å².